The molecular weight excluding hydrogens is 243 g/mol. The predicted octanol–water partition coefficient (Wildman–Crippen LogP) is 3.54. The Bertz CT molecular complexity index is 505. The molecule has 1 heterocycles. The molecule has 0 aliphatic heterocycles. The van der Waals surface area contributed by atoms with Gasteiger partial charge in [-0.05, 0) is 29.7 Å². The molecular formula is C13H12F3NO. The van der Waals surface area contributed by atoms with Crippen LogP contribution in [-0.2, 0) is 12.6 Å². The zero-order valence-electron chi connectivity index (χ0n) is 9.45. The molecule has 0 bridgehead atoms. The maximum Gasteiger partial charge on any atom is 0.416 e. The van der Waals surface area contributed by atoms with E-state index in [4.69, 9.17) is 10.2 Å². The van der Waals surface area contributed by atoms with Gasteiger partial charge in [0.05, 0.1) is 18.1 Å². The monoisotopic (exact) mass is 255 g/mol. The third-order valence-electron chi connectivity index (χ3n) is 2.70. The number of furan rings is 1. The van der Waals surface area contributed by atoms with Crippen LogP contribution in [0.5, 0.6) is 0 Å². The third-order valence-corrected chi connectivity index (χ3v) is 2.70. The molecule has 1 unspecified atom stereocenters. The maximum atomic E-state index is 12.8. The van der Waals surface area contributed by atoms with Gasteiger partial charge in [-0.1, -0.05) is 18.2 Å². The molecule has 0 fully saturated rings. The Kier molecular flexibility index (Phi) is 3.43. The summed E-state index contributed by atoms with van der Waals surface area (Å²) in [7, 11) is 0. The van der Waals surface area contributed by atoms with Gasteiger partial charge >= 0.3 is 6.18 Å². The summed E-state index contributed by atoms with van der Waals surface area (Å²) in [6.45, 7) is 0. The van der Waals surface area contributed by atoms with Crippen molar-refractivity contribution in [3.63, 3.8) is 0 Å². The normalized spacial score (nSPS) is 13.6. The first-order valence-corrected chi connectivity index (χ1v) is 5.41. The quantitative estimate of drug-likeness (QED) is 0.911. The smallest absolute Gasteiger partial charge is 0.416 e. The van der Waals surface area contributed by atoms with Crippen molar-refractivity contribution in [2.75, 3.05) is 0 Å². The fourth-order valence-electron chi connectivity index (χ4n) is 1.85. The van der Waals surface area contributed by atoms with Gasteiger partial charge in [-0.15, -0.1) is 0 Å². The first-order chi connectivity index (χ1) is 8.48. The maximum absolute atomic E-state index is 12.8. The van der Waals surface area contributed by atoms with Crippen molar-refractivity contribution >= 4 is 0 Å². The predicted molar refractivity (Wildman–Crippen MR) is 60.8 cm³/mol. The topological polar surface area (TPSA) is 39.2 Å². The summed E-state index contributed by atoms with van der Waals surface area (Å²) in [5.41, 5.74) is 6.04. The summed E-state index contributed by atoms with van der Waals surface area (Å²) in [5, 5.41) is 0. The van der Waals surface area contributed by atoms with Gasteiger partial charge in [0.1, 0.15) is 0 Å². The van der Waals surface area contributed by atoms with E-state index in [1.54, 1.807) is 12.1 Å². The number of benzene rings is 1. The molecule has 5 heteroatoms. The van der Waals surface area contributed by atoms with Gasteiger partial charge in [0.25, 0.3) is 0 Å². The van der Waals surface area contributed by atoms with E-state index in [1.165, 1.54) is 24.7 Å². The highest BCUT2D eigenvalue weighted by Gasteiger charge is 2.34. The Morgan fingerprint density at radius 1 is 1.17 bits per heavy atom. The molecule has 0 aliphatic rings. The fraction of sp³-hybridized carbons (Fsp3) is 0.231. The molecule has 0 saturated heterocycles. The Hall–Kier alpha value is -1.75. The SMILES string of the molecule is NC(Cc1ccoc1)c1ccccc1C(F)(F)F. The summed E-state index contributed by atoms with van der Waals surface area (Å²) >= 11 is 0. The number of rotatable bonds is 3. The second-order valence-electron chi connectivity index (χ2n) is 4.03. The molecule has 18 heavy (non-hydrogen) atoms. The largest absolute Gasteiger partial charge is 0.472 e. The van der Waals surface area contributed by atoms with Crippen LogP contribution in [0.25, 0.3) is 0 Å². The van der Waals surface area contributed by atoms with Crippen LogP contribution in [0.4, 0.5) is 13.2 Å². The summed E-state index contributed by atoms with van der Waals surface area (Å²) in [6, 6.07) is 6.35. The molecule has 1 atom stereocenters. The molecule has 96 valence electrons. The van der Waals surface area contributed by atoms with Crippen molar-refractivity contribution in [2.45, 2.75) is 18.6 Å². The summed E-state index contributed by atoms with van der Waals surface area (Å²) in [6.07, 6.45) is -1.12. The van der Waals surface area contributed by atoms with E-state index in [0.717, 1.165) is 11.6 Å². The molecule has 1 aromatic heterocycles. The van der Waals surface area contributed by atoms with E-state index < -0.39 is 17.8 Å². The Morgan fingerprint density at radius 3 is 2.50 bits per heavy atom. The average Bonchev–Trinajstić information content (AvgIpc) is 2.80. The lowest BCUT2D eigenvalue weighted by molar-refractivity contribution is -0.138. The van der Waals surface area contributed by atoms with Crippen molar-refractivity contribution in [3.8, 4) is 0 Å². The number of hydrogen-bond acceptors (Lipinski definition) is 2. The Labute approximate surface area is 102 Å². The molecule has 0 saturated carbocycles. The van der Waals surface area contributed by atoms with Crippen LogP contribution in [0.3, 0.4) is 0 Å². The van der Waals surface area contributed by atoms with Gasteiger partial charge < -0.3 is 10.2 Å². The lowest BCUT2D eigenvalue weighted by Gasteiger charge is -2.17. The van der Waals surface area contributed by atoms with Crippen LogP contribution in [0.2, 0.25) is 0 Å². The van der Waals surface area contributed by atoms with Gasteiger partial charge in [-0.2, -0.15) is 13.2 Å². The van der Waals surface area contributed by atoms with Crippen LogP contribution in [0.15, 0.2) is 47.3 Å². The van der Waals surface area contributed by atoms with Crippen LogP contribution < -0.4 is 5.73 Å². The second-order valence-corrected chi connectivity index (χ2v) is 4.03. The van der Waals surface area contributed by atoms with Gasteiger partial charge in [0.15, 0.2) is 0 Å². The minimum atomic E-state index is -4.38. The molecule has 0 radical (unpaired) electrons. The average molecular weight is 255 g/mol. The van der Waals surface area contributed by atoms with Crippen LogP contribution in [-0.4, -0.2) is 0 Å². The molecule has 2 rings (SSSR count). The van der Waals surface area contributed by atoms with Gasteiger partial charge in [0, 0.05) is 6.04 Å². The first-order valence-electron chi connectivity index (χ1n) is 5.41. The van der Waals surface area contributed by atoms with Crippen molar-refractivity contribution in [1.29, 1.82) is 0 Å². The zero-order chi connectivity index (χ0) is 13.2. The van der Waals surface area contributed by atoms with E-state index in [2.05, 4.69) is 0 Å². The lowest BCUT2D eigenvalue weighted by atomic mass is 9.96. The standard InChI is InChI=1S/C13H12F3NO/c14-13(15,16)11-4-2-1-3-10(11)12(17)7-9-5-6-18-8-9/h1-6,8,12H,7,17H2. The van der Waals surface area contributed by atoms with E-state index in [-0.39, 0.29) is 5.56 Å². The Morgan fingerprint density at radius 2 is 1.89 bits per heavy atom. The second kappa shape index (κ2) is 4.86. The lowest BCUT2D eigenvalue weighted by Crippen LogP contribution is -2.19. The van der Waals surface area contributed by atoms with Crippen LogP contribution in [0, 0.1) is 0 Å². The van der Waals surface area contributed by atoms with E-state index in [0.29, 0.717) is 6.42 Å². The number of halogens is 3. The van der Waals surface area contributed by atoms with Crippen LogP contribution in [0.1, 0.15) is 22.7 Å². The highest BCUT2D eigenvalue weighted by molar-refractivity contribution is 5.33. The molecule has 0 amide bonds. The number of nitrogens with two attached hydrogens (primary N) is 1. The number of alkyl halides is 3. The first kappa shape index (κ1) is 12.7. The highest BCUT2D eigenvalue weighted by atomic mass is 19.4. The number of hydrogen-bond donors (Lipinski definition) is 1. The molecule has 0 spiro atoms. The van der Waals surface area contributed by atoms with Gasteiger partial charge in [0.2, 0.25) is 0 Å². The van der Waals surface area contributed by atoms with E-state index >= 15 is 0 Å². The summed E-state index contributed by atoms with van der Waals surface area (Å²) in [4.78, 5) is 0. The van der Waals surface area contributed by atoms with Crippen LogP contribution >= 0.6 is 0 Å². The molecule has 1 aromatic carbocycles. The minimum absolute atomic E-state index is 0.103. The molecule has 2 aromatic rings. The zero-order valence-corrected chi connectivity index (χ0v) is 9.45. The summed E-state index contributed by atoms with van der Waals surface area (Å²) in [5.74, 6) is 0. The third kappa shape index (κ3) is 2.73. The van der Waals surface area contributed by atoms with E-state index in [1.807, 2.05) is 0 Å². The van der Waals surface area contributed by atoms with Gasteiger partial charge in [-0.25, -0.2) is 0 Å². The van der Waals surface area contributed by atoms with Crippen molar-refractivity contribution in [1.82, 2.24) is 0 Å². The molecule has 0 aliphatic carbocycles. The molecule has 2 nitrogen and oxygen atoms in total. The molecule has 2 N–H and O–H groups in total. The highest BCUT2D eigenvalue weighted by Crippen LogP contribution is 2.34. The minimum Gasteiger partial charge on any atom is -0.472 e. The van der Waals surface area contributed by atoms with E-state index in [9.17, 15) is 13.2 Å². The van der Waals surface area contributed by atoms with Gasteiger partial charge in [-0.3, -0.25) is 0 Å². The van der Waals surface area contributed by atoms with Crippen molar-refractivity contribution in [2.24, 2.45) is 5.73 Å². The van der Waals surface area contributed by atoms with Crippen molar-refractivity contribution in [3.05, 3.63) is 59.5 Å². The fourth-order valence-corrected chi connectivity index (χ4v) is 1.85. The Balaban J connectivity index is 2.27. The summed E-state index contributed by atoms with van der Waals surface area (Å²) < 4.78 is 43.3. The van der Waals surface area contributed by atoms with Crippen molar-refractivity contribution < 1.29 is 17.6 Å².